The summed E-state index contributed by atoms with van der Waals surface area (Å²) in [6.07, 6.45) is 3.47. The standard InChI is InChI=1S/C34H36O6/c1-5-7-21-39-33(35)28-19-11-17-26(31(28)37-3)24-15-9-13-23-14-10-16-25(30(23)24)27-18-12-20-29(32(27)38-4)34(36)40-22-8-6-2/h9-20H,5-8,21-22H2,1-4H3. The van der Waals surface area contributed by atoms with Crippen LogP contribution in [0.15, 0.2) is 72.8 Å². The highest BCUT2D eigenvalue weighted by Crippen LogP contribution is 2.44. The Hall–Kier alpha value is -4.32. The Morgan fingerprint density at radius 1 is 0.575 bits per heavy atom. The smallest absolute Gasteiger partial charge is 0.341 e. The topological polar surface area (TPSA) is 71.1 Å². The van der Waals surface area contributed by atoms with Gasteiger partial charge < -0.3 is 18.9 Å². The molecule has 208 valence electrons. The molecule has 0 atom stereocenters. The Balaban J connectivity index is 1.89. The van der Waals surface area contributed by atoms with Crippen molar-refractivity contribution < 1.29 is 28.5 Å². The van der Waals surface area contributed by atoms with Crippen LogP contribution in [0, 0.1) is 0 Å². The summed E-state index contributed by atoms with van der Waals surface area (Å²) in [5.41, 5.74) is 4.04. The van der Waals surface area contributed by atoms with E-state index in [0.717, 1.165) is 58.7 Å². The normalized spacial score (nSPS) is 10.8. The van der Waals surface area contributed by atoms with E-state index in [1.165, 1.54) is 0 Å². The van der Waals surface area contributed by atoms with Gasteiger partial charge in [0, 0.05) is 11.1 Å². The Bertz CT molecular complexity index is 1380. The molecule has 0 N–H and O–H groups in total. The number of methoxy groups -OCH3 is 2. The number of unbranched alkanes of at least 4 members (excludes halogenated alkanes) is 2. The number of hydrogen-bond donors (Lipinski definition) is 0. The molecule has 0 radical (unpaired) electrons. The fraction of sp³-hybridized carbons (Fsp3) is 0.294. The minimum atomic E-state index is -0.413. The van der Waals surface area contributed by atoms with Crippen LogP contribution in [0.1, 0.15) is 60.2 Å². The number of rotatable bonds is 12. The average Bonchev–Trinajstić information content (AvgIpc) is 2.99. The van der Waals surface area contributed by atoms with Crippen LogP contribution in [0.4, 0.5) is 0 Å². The molecular formula is C34H36O6. The summed E-state index contributed by atoms with van der Waals surface area (Å²) in [5.74, 6) is 0.0742. The molecule has 0 saturated carbocycles. The van der Waals surface area contributed by atoms with Crippen LogP contribution in [0.2, 0.25) is 0 Å². The van der Waals surface area contributed by atoms with Gasteiger partial charge in [-0.15, -0.1) is 0 Å². The molecule has 0 saturated heterocycles. The van der Waals surface area contributed by atoms with Gasteiger partial charge in [0.2, 0.25) is 0 Å². The van der Waals surface area contributed by atoms with Crippen LogP contribution in [0.3, 0.4) is 0 Å². The summed E-state index contributed by atoms with van der Waals surface area (Å²) in [6.45, 7) is 4.82. The van der Waals surface area contributed by atoms with E-state index in [4.69, 9.17) is 18.9 Å². The molecule has 4 aromatic carbocycles. The minimum Gasteiger partial charge on any atom is -0.495 e. The second-order valence-electron chi connectivity index (χ2n) is 9.46. The van der Waals surface area contributed by atoms with E-state index in [-0.39, 0.29) is 0 Å². The van der Waals surface area contributed by atoms with E-state index in [2.05, 4.69) is 0 Å². The van der Waals surface area contributed by atoms with Gasteiger partial charge >= 0.3 is 11.9 Å². The molecule has 0 fully saturated rings. The molecule has 0 aliphatic carbocycles. The fourth-order valence-electron chi connectivity index (χ4n) is 4.82. The second kappa shape index (κ2) is 13.7. The van der Waals surface area contributed by atoms with Crippen LogP contribution in [0.5, 0.6) is 11.5 Å². The summed E-state index contributed by atoms with van der Waals surface area (Å²) >= 11 is 0. The zero-order valence-corrected chi connectivity index (χ0v) is 23.6. The first-order valence-electron chi connectivity index (χ1n) is 13.8. The van der Waals surface area contributed by atoms with Gasteiger partial charge in [0.15, 0.2) is 0 Å². The van der Waals surface area contributed by atoms with Crippen LogP contribution in [-0.2, 0) is 9.47 Å². The molecule has 4 rings (SSSR count). The SMILES string of the molecule is CCCCOC(=O)c1cccc(-c2cccc3cccc(-c4cccc(C(=O)OCCCC)c4OC)c23)c1OC. The van der Waals surface area contributed by atoms with Crippen molar-refractivity contribution in [1.82, 2.24) is 0 Å². The molecule has 0 spiro atoms. The van der Waals surface area contributed by atoms with Crippen molar-refractivity contribution >= 4 is 22.7 Å². The molecular weight excluding hydrogens is 504 g/mol. The lowest BCUT2D eigenvalue weighted by Gasteiger charge is -2.18. The van der Waals surface area contributed by atoms with Crippen LogP contribution in [-0.4, -0.2) is 39.4 Å². The predicted molar refractivity (Wildman–Crippen MR) is 158 cm³/mol. The maximum atomic E-state index is 13.0. The number of benzene rings is 4. The third-order valence-electron chi connectivity index (χ3n) is 6.83. The number of hydrogen-bond acceptors (Lipinski definition) is 6. The molecule has 4 aromatic rings. The summed E-state index contributed by atoms with van der Waals surface area (Å²) in [4.78, 5) is 25.9. The van der Waals surface area contributed by atoms with Gasteiger partial charge in [0.1, 0.15) is 22.6 Å². The predicted octanol–water partition coefficient (Wildman–Crippen LogP) is 8.10. The summed E-state index contributed by atoms with van der Waals surface area (Å²) in [6, 6.07) is 23.0. The maximum Gasteiger partial charge on any atom is 0.341 e. The number of carbonyl (C=O) groups is 2. The molecule has 0 aliphatic rings. The zero-order chi connectivity index (χ0) is 28.5. The highest BCUT2D eigenvalue weighted by atomic mass is 16.5. The average molecular weight is 541 g/mol. The van der Waals surface area contributed by atoms with E-state index >= 15 is 0 Å². The third-order valence-corrected chi connectivity index (χ3v) is 6.83. The molecule has 0 unspecified atom stereocenters. The first kappa shape index (κ1) is 28.7. The molecule has 40 heavy (non-hydrogen) atoms. The highest BCUT2D eigenvalue weighted by molar-refractivity contribution is 6.10. The zero-order valence-electron chi connectivity index (χ0n) is 23.6. The van der Waals surface area contributed by atoms with Crippen molar-refractivity contribution in [2.24, 2.45) is 0 Å². The molecule has 6 heteroatoms. The summed E-state index contributed by atoms with van der Waals surface area (Å²) in [7, 11) is 3.12. The molecule has 0 aliphatic heterocycles. The Labute approximate surface area is 235 Å². The molecule has 0 aromatic heterocycles. The summed E-state index contributed by atoms with van der Waals surface area (Å²) < 4.78 is 22.6. The largest absolute Gasteiger partial charge is 0.495 e. The first-order valence-corrected chi connectivity index (χ1v) is 13.8. The van der Waals surface area contributed by atoms with Gasteiger partial charge in [-0.05, 0) is 46.9 Å². The fourth-order valence-corrected chi connectivity index (χ4v) is 4.82. The van der Waals surface area contributed by atoms with E-state index < -0.39 is 11.9 Å². The van der Waals surface area contributed by atoms with Gasteiger partial charge in [-0.1, -0.05) is 87.4 Å². The van der Waals surface area contributed by atoms with Crippen LogP contribution >= 0.6 is 0 Å². The summed E-state index contributed by atoms with van der Waals surface area (Å²) in [5, 5.41) is 1.93. The van der Waals surface area contributed by atoms with E-state index in [0.29, 0.717) is 35.8 Å². The molecule has 6 nitrogen and oxygen atoms in total. The van der Waals surface area contributed by atoms with Crippen molar-refractivity contribution in [1.29, 1.82) is 0 Å². The van der Waals surface area contributed by atoms with Crippen LogP contribution in [0.25, 0.3) is 33.0 Å². The molecule has 0 heterocycles. The van der Waals surface area contributed by atoms with Gasteiger partial charge in [-0.3, -0.25) is 0 Å². The van der Waals surface area contributed by atoms with E-state index in [1.807, 2.05) is 74.5 Å². The Morgan fingerprint density at radius 2 is 0.975 bits per heavy atom. The quantitative estimate of drug-likeness (QED) is 0.134. The third kappa shape index (κ3) is 5.96. The lowest BCUT2D eigenvalue weighted by atomic mass is 9.89. The van der Waals surface area contributed by atoms with Crippen LogP contribution < -0.4 is 9.47 Å². The number of fused-ring (bicyclic) bond motifs is 1. The van der Waals surface area contributed by atoms with Crippen molar-refractivity contribution in [2.45, 2.75) is 39.5 Å². The van der Waals surface area contributed by atoms with Crippen molar-refractivity contribution in [2.75, 3.05) is 27.4 Å². The van der Waals surface area contributed by atoms with Gasteiger partial charge in [-0.2, -0.15) is 0 Å². The minimum absolute atomic E-state index is 0.359. The van der Waals surface area contributed by atoms with E-state index in [9.17, 15) is 9.59 Å². The number of carbonyl (C=O) groups excluding carboxylic acids is 2. The van der Waals surface area contributed by atoms with Crippen molar-refractivity contribution in [3.05, 3.63) is 83.9 Å². The molecule has 0 amide bonds. The molecule has 0 bridgehead atoms. The van der Waals surface area contributed by atoms with Gasteiger partial charge in [0.25, 0.3) is 0 Å². The monoisotopic (exact) mass is 540 g/mol. The van der Waals surface area contributed by atoms with Gasteiger partial charge in [0.05, 0.1) is 27.4 Å². The lowest BCUT2D eigenvalue weighted by molar-refractivity contribution is 0.0486. The second-order valence-corrected chi connectivity index (χ2v) is 9.46. The van der Waals surface area contributed by atoms with E-state index in [1.54, 1.807) is 26.4 Å². The lowest BCUT2D eigenvalue weighted by Crippen LogP contribution is -2.09. The van der Waals surface area contributed by atoms with Crippen molar-refractivity contribution in [3.8, 4) is 33.8 Å². The van der Waals surface area contributed by atoms with Crippen molar-refractivity contribution in [3.63, 3.8) is 0 Å². The number of para-hydroxylation sites is 2. The van der Waals surface area contributed by atoms with Gasteiger partial charge in [-0.25, -0.2) is 9.59 Å². The number of ether oxygens (including phenoxy) is 4. The Kier molecular flexibility index (Phi) is 9.79. The first-order chi connectivity index (χ1) is 19.5. The number of esters is 2. The highest BCUT2D eigenvalue weighted by Gasteiger charge is 2.23. The maximum absolute atomic E-state index is 13.0. The Morgan fingerprint density at radius 3 is 1.38 bits per heavy atom.